The first kappa shape index (κ1) is 23.9. The molecule has 38 heavy (non-hydrogen) atoms. The van der Waals surface area contributed by atoms with Crippen LogP contribution < -0.4 is 15.4 Å². The first-order valence-corrected chi connectivity index (χ1v) is 12.3. The van der Waals surface area contributed by atoms with Crippen molar-refractivity contribution < 1.29 is 18.7 Å². The van der Waals surface area contributed by atoms with Crippen molar-refractivity contribution in [3.63, 3.8) is 0 Å². The maximum atomic E-state index is 15.0. The van der Waals surface area contributed by atoms with Crippen molar-refractivity contribution in [2.24, 2.45) is 4.99 Å². The zero-order valence-electron chi connectivity index (χ0n) is 20.2. The number of aromatic nitrogens is 2. The van der Waals surface area contributed by atoms with E-state index in [4.69, 9.17) is 26.1 Å². The van der Waals surface area contributed by atoms with Crippen LogP contribution in [0.25, 0.3) is 0 Å². The van der Waals surface area contributed by atoms with Crippen LogP contribution in [0.3, 0.4) is 0 Å². The number of pyridine rings is 2. The number of anilines is 2. The number of carbonyl (C=O) groups excluding carboxylic acids is 1. The van der Waals surface area contributed by atoms with Crippen molar-refractivity contribution >= 4 is 35.0 Å². The molecule has 0 unspecified atom stereocenters. The number of ether oxygens (including phenoxy) is 2. The van der Waals surface area contributed by atoms with Gasteiger partial charge in [-0.1, -0.05) is 35.9 Å². The Hall–Kier alpha value is -4.50. The average Bonchev–Trinajstić information content (AvgIpc) is 2.92. The normalized spacial score (nSPS) is 17.4. The summed E-state index contributed by atoms with van der Waals surface area (Å²) in [5, 5.41) is 6.03. The largest absolute Gasteiger partial charge is 0.465 e. The Bertz CT molecular complexity index is 1600. The van der Waals surface area contributed by atoms with E-state index in [9.17, 15) is 4.79 Å². The number of fused-ring (bicyclic) bond motifs is 4. The summed E-state index contributed by atoms with van der Waals surface area (Å²) in [6.45, 7) is 2.15. The number of benzene rings is 2. The summed E-state index contributed by atoms with van der Waals surface area (Å²) in [5.41, 5.74) is 2.03. The second-order valence-electron chi connectivity index (χ2n) is 8.92. The van der Waals surface area contributed by atoms with Gasteiger partial charge in [0.2, 0.25) is 0 Å². The lowest BCUT2D eigenvalue weighted by Gasteiger charge is -2.39. The smallest absolute Gasteiger partial charge is 0.292 e. The highest BCUT2D eigenvalue weighted by Gasteiger charge is 2.47. The molecule has 2 aliphatic rings. The zero-order chi connectivity index (χ0) is 26.3. The highest BCUT2D eigenvalue weighted by Crippen LogP contribution is 2.53. The van der Waals surface area contributed by atoms with Crippen LogP contribution in [-0.4, -0.2) is 28.5 Å². The van der Waals surface area contributed by atoms with Crippen LogP contribution >= 0.6 is 11.6 Å². The Labute approximate surface area is 222 Å². The predicted molar refractivity (Wildman–Crippen MR) is 141 cm³/mol. The van der Waals surface area contributed by atoms with Gasteiger partial charge < -0.3 is 14.8 Å². The molecule has 2 aliphatic heterocycles. The van der Waals surface area contributed by atoms with Gasteiger partial charge in [0.25, 0.3) is 17.9 Å². The number of amides is 1. The molecule has 2 aromatic heterocycles. The van der Waals surface area contributed by atoms with E-state index in [-0.39, 0.29) is 29.4 Å². The molecule has 1 atom stereocenters. The predicted octanol–water partition coefficient (Wildman–Crippen LogP) is 5.88. The lowest BCUT2D eigenvalue weighted by Crippen LogP contribution is -2.42. The molecule has 0 saturated carbocycles. The fourth-order valence-corrected chi connectivity index (χ4v) is 4.86. The summed E-state index contributed by atoms with van der Waals surface area (Å²) in [6, 6.07) is 19.5. The third-order valence-electron chi connectivity index (χ3n) is 6.51. The maximum absolute atomic E-state index is 15.0. The highest BCUT2D eigenvalue weighted by atomic mass is 35.5. The summed E-state index contributed by atoms with van der Waals surface area (Å²) in [7, 11) is 0. The number of hydrogen-bond donors (Lipinski definition) is 2. The standard InChI is InChI=1S/C28H21ClFN5O3/c1-16-6-5-12-31-25(16)32-18-9-10-21-19(14-18)28(20-15-22(29)33-24(30)23(20)38-21)11-13-37-27(35-28)34-26(36)17-7-3-2-4-8-17/h2-10,12,14-15H,11,13H2,1H3,(H,31,32)(H,34,35,36)/t28-/m0/s1. The van der Waals surface area contributed by atoms with Gasteiger partial charge >= 0.3 is 0 Å². The van der Waals surface area contributed by atoms with Gasteiger partial charge in [0.05, 0.1) is 6.61 Å². The van der Waals surface area contributed by atoms with E-state index in [0.29, 0.717) is 34.7 Å². The molecule has 4 aromatic rings. The molecule has 8 nitrogen and oxygen atoms in total. The minimum Gasteiger partial charge on any atom is -0.465 e. The van der Waals surface area contributed by atoms with Gasteiger partial charge in [-0.05, 0) is 55.0 Å². The SMILES string of the molecule is Cc1cccnc1Nc1ccc2c(c1)[C@@]1(CCOC(NC(=O)c3ccccc3)=N1)c1cc(Cl)nc(F)c1O2. The number of nitrogens with one attached hydrogen (secondary N) is 2. The monoisotopic (exact) mass is 529 g/mol. The molecule has 10 heteroatoms. The number of hydrogen-bond acceptors (Lipinski definition) is 7. The Morgan fingerprint density at radius 1 is 1.08 bits per heavy atom. The lowest BCUT2D eigenvalue weighted by atomic mass is 9.78. The van der Waals surface area contributed by atoms with Crippen LogP contribution in [-0.2, 0) is 10.3 Å². The van der Waals surface area contributed by atoms with E-state index in [1.807, 2.05) is 37.3 Å². The van der Waals surface area contributed by atoms with Gasteiger partial charge in [-0.25, -0.2) is 15.0 Å². The molecule has 190 valence electrons. The Kier molecular flexibility index (Phi) is 5.92. The minimum atomic E-state index is -1.16. The van der Waals surface area contributed by atoms with Crippen molar-refractivity contribution in [2.45, 2.75) is 18.9 Å². The zero-order valence-corrected chi connectivity index (χ0v) is 20.9. The van der Waals surface area contributed by atoms with Crippen LogP contribution in [0.4, 0.5) is 15.9 Å². The molecule has 0 fully saturated rings. The van der Waals surface area contributed by atoms with Crippen LogP contribution in [0.2, 0.25) is 5.15 Å². The molecule has 2 N–H and O–H groups in total. The molecule has 1 spiro atoms. The molecule has 4 heterocycles. The summed E-state index contributed by atoms with van der Waals surface area (Å²) in [4.78, 5) is 25.9. The van der Waals surface area contributed by atoms with E-state index in [1.165, 1.54) is 6.07 Å². The number of amidine groups is 1. The first-order valence-electron chi connectivity index (χ1n) is 11.9. The van der Waals surface area contributed by atoms with Crippen LogP contribution in [0.1, 0.15) is 33.5 Å². The second kappa shape index (κ2) is 9.42. The quantitative estimate of drug-likeness (QED) is 0.322. The van der Waals surface area contributed by atoms with Crippen molar-refractivity contribution in [1.29, 1.82) is 0 Å². The number of rotatable bonds is 3. The summed E-state index contributed by atoms with van der Waals surface area (Å²) < 4.78 is 26.7. The molecular weight excluding hydrogens is 509 g/mol. The molecule has 6 rings (SSSR count). The third kappa shape index (κ3) is 4.20. The van der Waals surface area contributed by atoms with Gasteiger partial charge in [0, 0.05) is 35.0 Å². The number of carbonyl (C=O) groups is 1. The van der Waals surface area contributed by atoms with Gasteiger partial charge in [0.15, 0.2) is 5.75 Å². The number of aryl methyl sites for hydroxylation is 1. The fraction of sp³-hybridized carbons (Fsp3) is 0.143. The summed E-state index contributed by atoms with van der Waals surface area (Å²) in [6.07, 6.45) is 2.05. The van der Waals surface area contributed by atoms with E-state index in [0.717, 1.165) is 11.3 Å². The summed E-state index contributed by atoms with van der Waals surface area (Å²) >= 11 is 6.19. The minimum absolute atomic E-state index is 0.0104. The lowest BCUT2D eigenvalue weighted by molar-refractivity contribution is 0.0959. The first-order chi connectivity index (χ1) is 18.4. The molecule has 0 saturated heterocycles. The number of halogens is 2. The van der Waals surface area contributed by atoms with Crippen molar-refractivity contribution in [3.05, 3.63) is 106 Å². The van der Waals surface area contributed by atoms with Crippen molar-refractivity contribution in [2.75, 3.05) is 11.9 Å². The Morgan fingerprint density at radius 2 is 1.92 bits per heavy atom. The van der Waals surface area contributed by atoms with E-state index >= 15 is 4.39 Å². The van der Waals surface area contributed by atoms with Crippen molar-refractivity contribution in [1.82, 2.24) is 15.3 Å². The molecule has 2 aromatic carbocycles. The maximum Gasteiger partial charge on any atom is 0.292 e. The number of aliphatic imine (C=N–C) groups is 1. The molecule has 1 amide bonds. The van der Waals surface area contributed by atoms with Crippen LogP contribution in [0.5, 0.6) is 11.5 Å². The van der Waals surface area contributed by atoms with Gasteiger partial charge in [-0.3, -0.25) is 10.1 Å². The fourth-order valence-electron chi connectivity index (χ4n) is 4.67. The molecular formula is C28H21ClFN5O3. The van der Waals surface area contributed by atoms with Gasteiger partial charge in [-0.15, -0.1) is 0 Å². The Balaban J connectivity index is 1.47. The molecule has 0 bridgehead atoms. The molecule has 0 aliphatic carbocycles. The van der Waals surface area contributed by atoms with Gasteiger partial charge in [0.1, 0.15) is 22.3 Å². The number of nitrogens with zero attached hydrogens (tertiary/aromatic N) is 3. The highest BCUT2D eigenvalue weighted by molar-refractivity contribution is 6.29. The molecule has 0 radical (unpaired) electrons. The van der Waals surface area contributed by atoms with Gasteiger partial charge in [-0.2, -0.15) is 4.39 Å². The Morgan fingerprint density at radius 3 is 2.74 bits per heavy atom. The second-order valence-corrected chi connectivity index (χ2v) is 9.30. The van der Waals surface area contributed by atoms with Crippen LogP contribution in [0.15, 0.2) is 77.9 Å². The topological polar surface area (TPSA) is 97.7 Å². The van der Waals surface area contributed by atoms with E-state index in [1.54, 1.807) is 36.5 Å². The van der Waals surface area contributed by atoms with Crippen molar-refractivity contribution in [3.8, 4) is 11.5 Å². The van der Waals surface area contributed by atoms with E-state index in [2.05, 4.69) is 20.6 Å². The summed E-state index contributed by atoms with van der Waals surface area (Å²) in [5.74, 6) is -0.191. The van der Waals surface area contributed by atoms with Crippen LogP contribution in [0, 0.1) is 12.9 Å². The van der Waals surface area contributed by atoms with E-state index < -0.39 is 11.5 Å². The average molecular weight is 530 g/mol. The third-order valence-corrected chi connectivity index (χ3v) is 6.70.